The third-order valence-corrected chi connectivity index (χ3v) is 9.15. The second-order valence-corrected chi connectivity index (χ2v) is 11.5. The molecule has 2 unspecified atom stereocenters. The fourth-order valence-corrected chi connectivity index (χ4v) is 6.93. The Morgan fingerprint density at radius 1 is 1.22 bits per heavy atom. The molecule has 3 aromatic rings. The normalized spacial score (nSPS) is 23.2. The lowest BCUT2D eigenvalue weighted by Gasteiger charge is -2.43. The Morgan fingerprint density at radius 3 is 2.75 bits per heavy atom. The zero-order valence-electron chi connectivity index (χ0n) is 20.9. The summed E-state index contributed by atoms with van der Waals surface area (Å²) in [6.45, 7) is 6.47. The average molecular weight is 601 g/mol. The minimum atomic E-state index is -0.320. The third-order valence-electron chi connectivity index (χ3n) is 8.42. The van der Waals surface area contributed by atoms with E-state index in [1.165, 1.54) is 18.1 Å². The van der Waals surface area contributed by atoms with E-state index in [9.17, 15) is 4.79 Å². The van der Waals surface area contributed by atoms with Gasteiger partial charge in [-0.05, 0) is 83.6 Å². The van der Waals surface area contributed by atoms with Crippen LogP contribution in [0.2, 0.25) is 0 Å². The van der Waals surface area contributed by atoms with Crippen molar-refractivity contribution in [3.8, 4) is 0 Å². The molecule has 1 spiro atoms. The Labute approximate surface area is 224 Å². The number of halogens is 1. The van der Waals surface area contributed by atoms with Crippen LogP contribution in [0.5, 0.6) is 0 Å². The molecule has 2 saturated heterocycles. The van der Waals surface area contributed by atoms with Gasteiger partial charge in [-0.25, -0.2) is 14.6 Å². The van der Waals surface area contributed by atoms with Gasteiger partial charge in [-0.1, -0.05) is 31.2 Å². The number of hydrogen-bond donors (Lipinski definition) is 0. The van der Waals surface area contributed by atoms with Crippen LogP contribution in [-0.2, 0) is 27.3 Å². The summed E-state index contributed by atoms with van der Waals surface area (Å²) in [5.41, 5.74) is 5.48. The van der Waals surface area contributed by atoms with Gasteiger partial charge in [0.1, 0.15) is 17.8 Å². The highest BCUT2D eigenvalue weighted by atomic mass is 127. The summed E-state index contributed by atoms with van der Waals surface area (Å²) < 4.78 is 14.1. The summed E-state index contributed by atoms with van der Waals surface area (Å²) in [4.78, 5) is 24.1. The molecule has 36 heavy (non-hydrogen) atoms. The van der Waals surface area contributed by atoms with Crippen molar-refractivity contribution in [1.29, 1.82) is 0 Å². The van der Waals surface area contributed by atoms with Crippen molar-refractivity contribution in [1.82, 2.24) is 19.7 Å². The van der Waals surface area contributed by atoms with Crippen LogP contribution in [0.1, 0.15) is 74.9 Å². The molecule has 2 aliphatic heterocycles. The lowest BCUT2D eigenvalue weighted by molar-refractivity contribution is -0.142. The number of carbonyl (C=O) groups excluding carboxylic acids is 1. The zero-order chi connectivity index (χ0) is 24.9. The van der Waals surface area contributed by atoms with Crippen molar-refractivity contribution in [2.45, 2.75) is 71.1 Å². The molecule has 0 N–H and O–H groups in total. The Hall–Kier alpha value is -2.27. The second-order valence-electron chi connectivity index (χ2n) is 10.4. The molecule has 2 fully saturated rings. The first-order valence-corrected chi connectivity index (χ1v) is 14.1. The fraction of sp³-hybridized carbons (Fsp3) is 0.556. The molecule has 190 valence electrons. The van der Waals surface area contributed by atoms with Crippen LogP contribution in [0.3, 0.4) is 0 Å². The monoisotopic (exact) mass is 601 g/mol. The van der Waals surface area contributed by atoms with Crippen LogP contribution in [0, 0.1) is 9.12 Å². The first-order chi connectivity index (χ1) is 17.4. The first kappa shape index (κ1) is 24.1. The molecular weight excluding hydrogens is 569 g/mol. The Balaban J connectivity index is 1.33. The van der Waals surface area contributed by atoms with Crippen molar-refractivity contribution in [2.75, 3.05) is 24.6 Å². The van der Waals surface area contributed by atoms with E-state index in [1.807, 2.05) is 4.68 Å². The van der Waals surface area contributed by atoms with Crippen molar-refractivity contribution < 1.29 is 14.3 Å². The number of hydrogen-bond acceptors (Lipinski definition) is 7. The largest absolute Gasteiger partial charge is 0.459 e. The molecule has 0 bridgehead atoms. The van der Waals surface area contributed by atoms with Crippen molar-refractivity contribution >= 4 is 45.5 Å². The van der Waals surface area contributed by atoms with E-state index in [0.29, 0.717) is 17.0 Å². The standard InChI is InChI=1S/C27H32IN5O3/c1-17-20-8-4-3-7-19(20)15-27(17)10-12-32(13-11-27)25-21(16-36-18(2)34)29-23-24(28)31-33(26(23)30-25)22-9-5-6-14-35-22/h3-4,7-8,17,22H,5-6,9-16H2,1-2H3. The van der Waals surface area contributed by atoms with Gasteiger partial charge in [0.25, 0.3) is 0 Å². The molecular formula is C27H32IN5O3. The summed E-state index contributed by atoms with van der Waals surface area (Å²) in [7, 11) is 0. The Morgan fingerprint density at radius 2 is 2.03 bits per heavy atom. The predicted molar refractivity (Wildman–Crippen MR) is 145 cm³/mol. The fourth-order valence-electron chi connectivity index (χ4n) is 6.33. The lowest BCUT2D eigenvalue weighted by atomic mass is 9.70. The maximum absolute atomic E-state index is 11.6. The van der Waals surface area contributed by atoms with Crippen molar-refractivity contribution in [2.24, 2.45) is 5.41 Å². The molecule has 4 heterocycles. The van der Waals surface area contributed by atoms with Crippen LogP contribution >= 0.6 is 22.6 Å². The van der Waals surface area contributed by atoms with Crippen LogP contribution in [0.25, 0.3) is 11.2 Å². The number of rotatable bonds is 4. The van der Waals surface area contributed by atoms with E-state index in [0.717, 1.165) is 78.9 Å². The van der Waals surface area contributed by atoms with E-state index in [-0.39, 0.29) is 18.8 Å². The Bertz CT molecular complexity index is 1290. The average Bonchev–Trinajstić information content (AvgIpc) is 3.36. The first-order valence-electron chi connectivity index (χ1n) is 13.0. The van der Waals surface area contributed by atoms with Crippen molar-refractivity contribution in [3.63, 3.8) is 0 Å². The molecule has 1 aromatic carbocycles. The SMILES string of the molecule is CC(=O)OCc1nc2c(I)nn(C3CCCCO3)c2nc1N1CCC2(CC1)Cc1ccccc1C2C. The molecule has 3 aliphatic rings. The number of anilines is 1. The number of carbonyl (C=O) groups is 1. The number of ether oxygens (including phenoxy) is 2. The number of esters is 1. The van der Waals surface area contributed by atoms with E-state index < -0.39 is 0 Å². The molecule has 2 aromatic heterocycles. The maximum atomic E-state index is 11.6. The van der Waals surface area contributed by atoms with Gasteiger partial charge in [0.05, 0.1) is 0 Å². The summed E-state index contributed by atoms with van der Waals surface area (Å²) in [5, 5.41) is 4.75. The van der Waals surface area contributed by atoms with Crippen molar-refractivity contribution in [3.05, 3.63) is 44.8 Å². The van der Waals surface area contributed by atoms with Crippen LogP contribution in [0.15, 0.2) is 24.3 Å². The van der Waals surface area contributed by atoms with E-state index in [4.69, 9.17) is 24.5 Å². The zero-order valence-corrected chi connectivity index (χ0v) is 23.0. The van der Waals surface area contributed by atoms with Gasteiger partial charge in [0.2, 0.25) is 0 Å². The van der Waals surface area contributed by atoms with Gasteiger partial charge in [0, 0.05) is 26.6 Å². The smallest absolute Gasteiger partial charge is 0.303 e. The summed E-state index contributed by atoms with van der Waals surface area (Å²) in [5.74, 6) is 1.03. The van der Waals surface area contributed by atoms with Crippen LogP contribution in [0.4, 0.5) is 5.82 Å². The van der Waals surface area contributed by atoms with Gasteiger partial charge < -0.3 is 14.4 Å². The van der Waals surface area contributed by atoms with Gasteiger partial charge in [-0.15, -0.1) is 0 Å². The van der Waals surface area contributed by atoms with Gasteiger partial charge in [0.15, 0.2) is 21.4 Å². The molecule has 9 heteroatoms. The summed E-state index contributed by atoms with van der Waals surface area (Å²) >= 11 is 2.21. The molecule has 6 rings (SSSR count). The predicted octanol–water partition coefficient (Wildman–Crippen LogP) is 5.14. The molecule has 1 aliphatic carbocycles. The molecule has 0 saturated carbocycles. The number of nitrogens with zero attached hydrogens (tertiary/aromatic N) is 5. The topological polar surface area (TPSA) is 82.4 Å². The van der Waals surface area contributed by atoms with Gasteiger partial charge in [-0.3, -0.25) is 4.79 Å². The van der Waals surface area contributed by atoms with Crippen LogP contribution < -0.4 is 4.90 Å². The quantitative estimate of drug-likeness (QED) is 0.303. The summed E-state index contributed by atoms with van der Waals surface area (Å²) in [6.07, 6.45) is 6.33. The molecule has 2 atom stereocenters. The van der Waals surface area contributed by atoms with Gasteiger partial charge >= 0.3 is 5.97 Å². The highest BCUT2D eigenvalue weighted by Crippen LogP contribution is 2.53. The summed E-state index contributed by atoms with van der Waals surface area (Å²) in [6, 6.07) is 8.91. The van der Waals surface area contributed by atoms with E-state index >= 15 is 0 Å². The minimum absolute atomic E-state index is 0.109. The number of piperidine rings is 1. The Kier molecular flexibility index (Phi) is 6.39. The highest BCUT2D eigenvalue weighted by molar-refractivity contribution is 14.1. The molecule has 0 amide bonds. The molecule has 8 nitrogen and oxygen atoms in total. The van der Waals surface area contributed by atoms with E-state index in [1.54, 1.807) is 0 Å². The van der Waals surface area contributed by atoms with Crippen LogP contribution in [-0.4, -0.2) is 45.4 Å². The number of benzene rings is 1. The minimum Gasteiger partial charge on any atom is -0.459 e. The van der Waals surface area contributed by atoms with Gasteiger partial charge in [-0.2, -0.15) is 5.10 Å². The third kappa shape index (κ3) is 4.17. The number of aromatic nitrogens is 4. The second kappa shape index (κ2) is 9.55. The molecule has 0 radical (unpaired) electrons. The highest BCUT2D eigenvalue weighted by Gasteiger charge is 2.45. The lowest BCUT2D eigenvalue weighted by Crippen LogP contribution is -2.42. The maximum Gasteiger partial charge on any atom is 0.303 e. The number of fused-ring (bicyclic) bond motifs is 2. The van der Waals surface area contributed by atoms with E-state index in [2.05, 4.69) is 58.7 Å².